The molecule has 202 valence electrons. The smallest absolute Gasteiger partial charge is 0.416 e. The second-order valence-corrected chi connectivity index (χ2v) is 9.36. The van der Waals surface area contributed by atoms with Gasteiger partial charge in [-0.25, -0.2) is 4.79 Å². The van der Waals surface area contributed by atoms with E-state index in [-0.39, 0.29) is 25.1 Å². The first-order chi connectivity index (χ1) is 18.6. The number of benzene rings is 2. The molecule has 39 heavy (non-hydrogen) atoms. The van der Waals surface area contributed by atoms with Gasteiger partial charge in [-0.15, -0.1) is 0 Å². The van der Waals surface area contributed by atoms with Gasteiger partial charge in [0.05, 0.1) is 42.2 Å². The number of furan rings is 1. The lowest BCUT2D eigenvalue weighted by Crippen LogP contribution is -2.49. The van der Waals surface area contributed by atoms with Crippen molar-refractivity contribution in [1.29, 1.82) is 0 Å². The molecule has 0 saturated carbocycles. The minimum Gasteiger partial charge on any atom is -0.467 e. The molecule has 0 fully saturated rings. The second-order valence-electron chi connectivity index (χ2n) is 9.36. The number of nitrogens with one attached hydrogen (secondary N) is 2. The molecular formula is C28H25F3N4O4. The van der Waals surface area contributed by atoms with Gasteiger partial charge in [-0.2, -0.15) is 13.2 Å². The fourth-order valence-electron chi connectivity index (χ4n) is 4.84. The van der Waals surface area contributed by atoms with Crippen LogP contribution in [0.2, 0.25) is 0 Å². The van der Waals surface area contributed by atoms with Crippen LogP contribution in [0.25, 0.3) is 0 Å². The molecule has 8 nitrogen and oxygen atoms in total. The normalized spacial score (nSPS) is 18.2. The summed E-state index contributed by atoms with van der Waals surface area (Å²) in [6.07, 6.45) is -2.81. The number of carbonyl (C=O) groups is 3. The molecule has 2 aromatic carbocycles. The van der Waals surface area contributed by atoms with Crippen molar-refractivity contribution < 1.29 is 32.0 Å². The van der Waals surface area contributed by atoms with Crippen LogP contribution in [0.1, 0.15) is 28.5 Å². The number of rotatable bonds is 7. The van der Waals surface area contributed by atoms with Crippen molar-refractivity contribution in [2.45, 2.75) is 31.2 Å². The van der Waals surface area contributed by atoms with Gasteiger partial charge in [-0.3, -0.25) is 14.5 Å². The molecule has 3 heterocycles. The third kappa shape index (κ3) is 5.25. The Bertz CT molecular complexity index is 1400. The zero-order valence-electron chi connectivity index (χ0n) is 20.9. The largest absolute Gasteiger partial charge is 0.467 e. The molecule has 0 unspecified atom stereocenters. The van der Waals surface area contributed by atoms with Gasteiger partial charge in [0.2, 0.25) is 5.91 Å². The molecule has 2 N–H and O–H groups in total. The Morgan fingerprint density at radius 1 is 1.08 bits per heavy atom. The highest BCUT2D eigenvalue weighted by Gasteiger charge is 2.46. The van der Waals surface area contributed by atoms with Gasteiger partial charge in [-0.05, 0) is 35.4 Å². The molecule has 2 aliphatic heterocycles. The molecule has 0 spiro atoms. The maximum atomic E-state index is 13.9. The lowest BCUT2D eigenvalue weighted by atomic mass is 9.94. The summed E-state index contributed by atoms with van der Waals surface area (Å²) in [6, 6.07) is 14.6. The van der Waals surface area contributed by atoms with Gasteiger partial charge >= 0.3 is 12.2 Å². The van der Waals surface area contributed by atoms with Crippen LogP contribution in [0.3, 0.4) is 0 Å². The van der Waals surface area contributed by atoms with E-state index in [1.165, 1.54) is 35.2 Å². The molecule has 0 aliphatic carbocycles. The molecule has 4 amide bonds. The summed E-state index contributed by atoms with van der Waals surface area (Å²) in [6.45, 7) is 0.112. The fourth-order valence-corrected chi connectivity index (χ4v) is 4.84. The van der Waals surface area contributed by atoms with E-state index in [9.17, 15) is 27.6 Å². The van der Waals surface area contributed by atoms with Gasteiger partial charge in [0, 0.05) is 13.5 Å². The molecule has 11 heteroatoms. The highest BCUT2D eigenvalue weighted by Crippen LogP contribution is 2.38. The molecule has 0 saturated heterocycles. The number of halogens is 3. The van der Waals surface area contributed by atoms with Gasteiger partial charge in [0.25, 0.3) is 5.91 Å². The Morgan fingerprint density at radius 3 is 2.44 bits per heavy atom. The van der Waals surface area contributed by atoms with E-state index >= 15 is 0 Å². The zero-order chi connectivity index (χ0) is 27.7. The number of hydrogen-bond acceptors (Lipinski definition) is 4. The van der Waals surface area contributed by atoms with E-state index in [0.29, 0.717) is 17.0 Å². The van der Waals surface area contributed by atoms with Crippen molar-refractivity contribution in [3.63, 3.8) is 0 Å². The van der Waals surface area contributed by atoms with Crippen LogP contribution >= 0.6 is 0 Å². The first-order valence-electron chi connectivity index (χ1n) is 12.2. The van der Waals surface area contributed by atoms with Crippen LogP contribution in [0.15, 0.2) is 88.7 Å². The first-order valence-corrected chi connectivity index (χ1v) is 12.2. The number of alkyl halides is 3. The van der Waals surface area contributed by atoms with Crippen molar-refractivity contribution in [3.8, 4) is 0 Å². The SMILES string of the molecule is CN1C(=O)N[C@H](c2ccc(C(F)(F)F)cc2)C2=C1CN([C@@H](Cc1ccccc1)C(=O)NCc1ccco1)C2=O. The lowest BCUT2D eigenvalue weighted by Gasteiger charge is -2.31. The minimum absolute atomic E-state index is 0.0130. The summed E-state index contributed by atoms with van der Waals surface area (Å²) in [5, 5.41) is 5.53. The number of likely N-dealkylation sites (N-methyl/N-ethyl adjacent to an activating group) is 1. The maximum absolute atomic E-state index is 13.9. The molecule has 0 radical (unpaired) electrons. The van der Waals surface area contributed by atoms with Crippen LogP contribution in [0.4, 0.5) is 18.0 Å². The molecule has 5 rings (SSSR count). The Morgan fingerprint density at radius 2 is 1.79 bits per heavy atom. The van der Waals surface area contributed by atoms with Gasteiger partial charge < -0.3 is 20.0 Å². The average Bonchev–Trinajstić information content (AvgIpc) is 3.56. The number of nitrogens with zero attached hydrogens (tertiary/aromatic N) is 2. The molecule has 1 aromatic heterocycles. The lowest BCUT2D eigenvalue weighted by molar-refractivity contribution is -0.137. The van der Waals surface area contributed by atoms with E-state index in [4.69, 9.17) is 4.42 Å². The molecule has 3 aromatic rings. The number of amides is 4. The van der Waals surface area contributed by atoms with Crippen LogP contribution in [-0.4, -0.2) is 47.3 Å². The van der Waals surface area contributed by atoms with Crippen molar-refractivity contribution in [3.05, 3.63) is 107 Å². The van der Waals surface area contributed by atoms with Crippen LogP contribution in [0, 0.1) is 0 Å². The molecular weight excluding hydrogens is 513 g/mol. The third-order valence-corrected chi connectivity index (χ3v) is 6.93. The summed E-state index contributed by atoms with van der Waals surface area (Å²) in [7, 11) is 1.51. The van der Waals surface area contributed by atoms with E-state index in [1.807, 2.05) is 30.3 Å². The van der Waals surface area contributed by atoms with Gasteiger partial charge in [0.15, 0.2) is 0 Å². The predicted octanol–water partition coefficient (Wildman–Crippen LogP) is 4.02. The average molecular weight is 539 g/mol. The van der Waals surface area contributed by atoms with E-state index in [2.05, 4.69) is 10.6 Å². The van der Waals surface area contributed by atoms with Gasteiger partial charge in [-0.1, -0.05) is 42.5 Å². The number of urea groups is 1. The van der Waals surface area contributed by atoms with Crippen molar-refractivity contribution in [1.82, 2.24) is 20.4 Å². The zero-order valence-corrected chi connectivity index (χ0v) is 20.9. The first kappa shape index (κ1) is 26.1. The molecule has 2 atom stereocenters. The topological polar surface area (TPSA) is 94.9 Å². The highest BCUT2D eigenvalue weighted by atomic mass is 19.4. The molecule has 2 aliphatic rings. The standard InChI is InChI=1S/C28H25F3N4O4/c1-34-22-16-35(21(14-17-6-3-2-4-7-17)25(36)32-15-20-8-5-13-39-20)26(37)23(22)24(33-27(34)38)18-9-11-19(12-10-18)28(29,30)31/h2-13,21,24H,14-16H2,1H3,(H,32,36)(H,33,38)/t21-,24+/m0/s1. The Labute approximate surface area is 222 Å². The third-order valence-electron chi connectivity index (χ3n) is 6.93. The Kier molecular flexibility index (Phi) is 6.90. The van der Waals surface area contributed by atoms with Crippen molar-refractivity contribution in [2.24, 2.45) is 0 Å². The van der Waals surface area contributed by atoms with Crippen LogP contribution < -0.4 is 10.6 Å². The van der Waals surface area contributed by atoms with Crippen molar-refractivity contribution in [2.75, 3.05) is 13.6 Å². The van der Waals surface area contributed by atoms with E-state index in [1.54, 1.807) is 12.1 Å². The molecule has 0 bridgehead atoms. The predicted molar refractivity (Wildman–Crippen MR) is 134 cm³/mol. The highest BCUT2D eigenvalue weighted by molar-refractivity contribution is 6.03. The summed E-state index contributed by atoms with van der Waals surface area (Å²) >= 11 is 0. The maximum Gasteiger partial charge on any atom is 0.416 e. The van der Waals surface area contributed by atoms with Crippen LogP contribution in [-0.2, 0) is 28.7 Å². The monoisotopic (exact) mass is 538 g/mol. The second kappa shape index (κ2) is 10.3. The Balaban J connectivity index is 1.45. The summed E-state index contributed by atoms with van der Waals surface area (Å²) in [4.78, 5) is 42.8. The van der Waals surface area contributed by atoms with Crippen LogP contribution in [0.5, 0.6) is 0 Å². The summed E-state index contributed by atoms with van der Waals surface area (Å²) in [5.41, 5.74) is 0.929. The van der Waals surface area contributed by atoms with E-state index < -0.39 is 41.7 Å². The quantitative estimate of drug-likeness (QED) is 0.475. The summed E-state index contributed by atoms with van der Waals surface area (Å²) in [5.74, 6) is -0.337. The Hall–Kier alpha value is -4.54. The fraction of sp³-hybridized carbons (Fsp3) is 0.250. The minimum atomic E-state index is -4.52. The number of carbonyl (C=O) groups excluding carboxylic acids is 3. The number of hydrogen-bond donors (Lipinski definition) is 2. The summed E-state index contributed by atoms with van der Waals surface area (Å²) < 4.78 is 44.6. The van der Waals surface area contributed by atoms with Gasteiger partial charge in [0.1, 0.15) is 11.8 Å². The van der Waals surface area contributed by atoms with Crippen molar-refractivity contribution >= 4 is 17.8 Å². The van der Waals surface area contributed by atoms with E-state index in [0.717, 1.165) is 17.7 Å².